The van der Waals surface area contributed by atoms with Gasteiger partial charge in [-0.05, 0) is 68.2 Å². The molecular formula is C23H20F5N5O3. The number of fused-ring (bicyclic) bond motifs is 3. The summed E-state index contributed by atoms with van der Waals surface area (Å²) in [6.45, 7) is 0.322. The SMILES string of the molecule is O=C(NC[C@]12CC[C@](c3nc(-c4ccc(C(F)(F)F)nn4)no3)(CC1)CC2)c1cc(F)c(O)c(F)c1. The van der Waals surface area contributed by atoms with E-state index in [4.69, 9.17) is 4.52 Å². The second-order valence-corrected chi connectivity index (χ2v) is 9.48. The fraction of sp³-hybridized carbons (Fsp3) is 0.435. The van der Waals surface area contributed by atoms with Gasteiger partial charge in [0.25, 0.3) is 5.91 Å². The van der Waals surface area contributed by atoms with Crippen molar-refractivity contribution in [1.29, 1.82) is 0 Å². The van der Waals surface area contributed by atoms with Gasteiger partial charge in [0.2, 0.25) is 11.7 Å². The van der Waals surface area contributed by atoms with E-state index in [2.05, 4.69) is 25.7 Å². The van der Waals surface area contributed by atoms with Crippen LogP contribution in [0, 0.1) is 17.0 Å². The number of alkyl halides is 3. The van der Waals surface area contributed by atoms with Gasteiger partial charge >= 0.3 is 6.18 Å². The summed E-state index contributed by atoms with van der Waals surface area (Å²) < 4.78 is 70.8. The second kappa shape index (κ2) is 8.49. The quantitative estimate of drug-likeness (QED) is 0.485. The number of rotatable bonds is 5. The lowest BCUT2D eigenvalue weighted by Crippen LogP contribution is -2.49. The minimum Gasteiger partial charge on any atom is -0.503 e. The van der Waals surface area contributed by atoms with Crippen LogP contribution < -0.4 is 5.32 Å². The van der Waals surface area contributed by atoms with Crippen LogP contribution in [-0.2, 0) is 11.6 Å². The van der Waals surface area contributed by atoms with Crippen molar-refractivity contribution in [3.8, 4) is 17.3 Å². The number of nitrogens with zero attached hydrogens (tertiary/aromatic N) is 4. The average Bonchev–Trinajstić information content (AvgIpc) is 3.38. The molecule has 2 N–H and O–H groups in total. The van der Waals surface area contributed by atoms with Crippen molar-refractivity contribution < 1.29 is 36.4 Å². The van der Waals surface area contributed by atoms with Gasteiger partial charge in [0.1, 0.15) is 5.69 Å². The summed E-state index contributed by atoms with van der Waals surface area (Å²) in [5, 5.41) is 22.6. The highest BCUT2D eigenvalue weighted by Gasteiger charge is 2.52. The minimum absolute atomic E-state index is 0.0589. The van der Waals surface area contributed by atoms with Crippen LogP contribution in [-0.4, -0.2) is 37.9 Å². The molecule has 2 heterocycles. The van der Waals surface area contributed by atoms with Crippen molar-refractivity contribution in [1.82, 2.24) is 25.7 Å². The molecular weight excluding hydrogens is 489 g/mol. The molecule has 0 saturated heterocycles. The smallest absolute Gasteiger partial charge is 0.435 e. The molecule has 0 unspecified atom stereocenters. The van der Waals surface area contributed by atoms with Crippen molar-refractivity contribution in [3.05, 3.63) is 53.0 Å². The number of phenolic OH excluding ortho intramolecular Hbond substituents is 1. The number of benzene rings is 1. The molecule has 3 fully saturated rings. The number of hydrogen-bond donors (Lipinski definition) is 2. The van der Waals surface area contributed by atoms with Crippen molar-refractivity contribution in [2.24, 2.45) is 5.41 Å². The van der Waals surface area contributed by atoms with E-state index in [1.165, 1.54) is 0 Å². The lowest BCUT2D eigenvalue weighted by Gasteiger charge is -2.51. The zero-order chi connectivity index (χ0) is 25.7. The average molecular weight is 509 g/mol. The molecule has 190 valence electrons. The molecule has 3 aliphatic carbocycles. The molecule has 3 saturated carbocycles. The van der Waals surface area contributed by atoms with E-state index in [0.29, 0.717) is 31.7 Å². The minimum atomic E-state index is -4.60. The number of carbonyl (C=O) groups is 1. The molecule has 6 rings (SSSR count). The van der Waals surface area contributed by atoms with E-state index in [1.807, 2.05) is 0 Å². The topological polar surface area (TPSA) is 114 Å². The Morgan fingerprint density at radius 1 is 1.03 bits per heavy atom. The van der Waals surface area contributed by atoms with Crippen LogP contribution in [0.4, 0.5) is 22.0 Å². The summed E-state index contributed by atoms with van der Waals surface area (Å²) in [4.78, 5) is 16.8. The van der Waals surface area contributed by atoms with Crippen LogP contribution in [0.25, 0.3) is 11.5 Å². The van der Waals surface area contributed by atoms with Gasteiger partial charge in [-0.2, -0.15) is 18.2 Å². The van der Waals surface area contributed by atoms with Gasteiger partial charge in [-0.25, -0.2) is 8.78 Å². The molecule has 36 heavy (non-hydrogen) atoms. The van der Waals surface area contributed by atoms with Crippen LogP contribution in [0.1, 0.15) is 60.5 Å². The van der Waals surface area contributed by atoms with Gasteiger partial charge in [0.15, 0.2) is 23.1 Å². The predicted octanol–water partition coefficient (Wildman–Crippen LogP) is 4.55. The summed E-state index contributed by atoms with van der Waals surface area (Å²) in [5.41, 5.74) is -1.82. The van der Waals surface area contributed by atoms with E-state index in [-0.39, 0.29) is 27.9 Å². The Bertz CT molecular complexity index is 1260. The number of phenols is 1. The summed E-state index contributed by atoms with van der Waals surface area (Å²) in [5.74, 6) is -3.73. The molecule has 0 atom stereocenters. The molecule has 2 bridgehead atoms. The van der Waals surface area contributed by atoms with Crippen molar-refractivity contribution in [2.75, 3.05) is 6.54 Å². The largest absolute Gasteiger partial charge is 0.503 e. The maximum atomic E-state index is 13.6. The summed E-state index contributed by atoms with van der Waals surface area (Å²) in [6.07, 6.45) is -0.279. The van der Waals surface area contributed by atoms with E-state index < -0.39 is 35.2 Å². The standard InChI is InChI=1S/C23H20F5N5O3/c24-13-9-12(10-14(25)17(13)34)19(35)29-11-21-3-6-22(7-4-21,8-5-21)20-30-18(33-36-20)15-1-2-16(32-31-15)23(26,27)28/h1-2,9-10,34H,3-8,11H2,(H,29,35)/t21-,22+. The normalized spacial score (nSPS) is 23.6. The van der Waals surface area contributed by atoms with E-state index in [1.54, 1.807) is 0 Å². The fourth-order valence-corrected chi connectivity index (χ4v) is 5.06. The predicted molar refractivity (Wildman–Crippen MR) is 112 cm³/mol. The Hall–Kier alpha value is -3.64. The highest BCUT2D eigenvalue weighted by molar-refractivity contribution is 5.94. The van der Waals surface area contributed by atoms with E-state index >= 15 is 0 Å². The van der Waals surface area contributed by atoms with Crippen LogP contribution in [0.3, 0.4) is 0 Å². The zero-order valence-electron chi connectivity index (χ0n) is 18.7. The third-order valence-electron chi connectivity index (χ3n) is 7.37. The lowest BCUT2D eigenvalue weighted by atomic mass is 9.53. The van der Waals surface area contributed by atoms with Crippen molar-refractivity contribution >= 4 is 5.91 Å². The molecule has 0 radical (unpaired) electrons. The molecule has 0 spiro atoms. The van der Waals surface area contributed by atoms with Crippen molar-refractivity contribution in [2.45, 2.75) is 50.1 Å². The highest BCUT2D eigenvalue weighted by Crippen LogP contribution is 2.57. The Balaban J connectivity index is 1.23. The zero-order valence-corrected chi connectivity index (χ0v) is 18.7. The summed E-state index contributed by atoms with van der Waals surface area (Å²) in [7, 11) is 0. The summed E-state index contributed by atoms with van der Waals surface area (Å²) in [6, 6.07) is 3.52. The number of amides is 1. The van der Waals surface area contributed by atoms with Crippen LogP contribution in [0.15, 0.2) is 28.8 Å². The van der Waals surface area contributed by atoms with Crippen LogP contribution in [0.5, 0.6) is 5.75 Å². The first-order chi connectivity index (χ1) is 17.0. The highest BCUT2D eigenvalue weighted by atomic mass is 19.4. The third kappa shape index (κ3) is 4.26. The van der Waals surface area contributed by atoms with E-state index in [0.717, 1.165) is 43.5 Å². The molecule has 2 aromatic heterocycles. The van der Waals surface area contributed by atoms with Crippen LogP contribution >= 0.6 is 0 Å². The number of aromatic nitrogens is 4. The van der Waals surface area contributed by atoms with Gasteiger partial charge in [0.05, 0.1) is 0 Å². The van der Waals surface area contributed by atoms with Crippen molar-refractivity contribution in [3.63, 3.8) is 0 Å². The molecule has 13 heteroatoms. The lowest BCUT2D eigenvalue weighted by molar-refractivity contribution is -0.141. The third-order valence-corrected chi connectivity index (χ3v) is 7.37. The van der Waals surface area contributed by atoms with Gasteiger partial charge in [-0.3, -0.25) is 4.79 Å². The maximum absolute atomic E-state index is 13.6. The monoisotopic (exact) mass is 509 g/mol. The second-order valence-electron chi connectivity index (χ2n) is 9.48. The molecule has 1 amide bonds. The molecule has 0 aliphatic heterocycles. The van der Waals surface area contributed by atoms with Gasteiger partial charge in [0, 0.05) is 17.5 Å². The summed E-state index contributed by atoms with van der Waals surface area (Å²) >= 11 is 0. The number of nitrogens with one attached hydrogen (secondary N) is 1. The maximum Gasteiger partial charge on any atom is 0.435 e. The number of halogens is 5. The van der Waals surface area contributed by atoms with E-state index in [9.17, 15) is 31.9 Å². The molecule has 3 aromatic rings. The first-order valence-corrected chi connectivity index (χ1v) is 11.2. The van der Waals surface area contributed by atoms with Gasteiger partial charge in [-0.15, -0.1) is 10.2 Å². The first kappa shape index (κ1) is 24.1. The Morgan fingerprint density at radius 3 is 2.22 bits per heavy atom. The number of aromatic hydroxyl groups is 1. The Kier molecular flexibility index (Phi) is 5.67. The Morgan fingerprint density at radius 2 is 1.67 bits per heavy atom. The Labute approximate surface area is 200 Å². The number of carbonyl (C=O) groups excluding carboxylic acids is 1. The molecule has 8 nitrogen and oxygen atoms in total. The van der Waals surface area contributed by atoms with Crippen LogP contribution in [0.2, 0.25) is 0 Å². The van der Waals surface area contributed by atoms with Gasteiger partial charge < -0.3 is 14.9 Å². The molecule has 1 aromatic carbocycles. The molecule has 3 aliphatic rings. The fourth-order valence-electron chi connectivity index (χ4n) is 5.06. The number of hydrogen-bond acceptors (Lipinski definition) is 7. The first-order valence-electron chi connectivity index (χ1n) is 11.2. The van der Waals surface area contributed by atoms with Gasteiger partial charge in [-0.1, -0.05) is 5.16 Å².